The fraction of sp³-hybridized carbons (Fsp3) is 0.0952. The van der Waals surface area contributed by atoms with E-state index in [9.17, 15) is 4.79 Å². The molecule has 0 saturated heterocycles. The topological polar surface area (TPSA) is 77.8 Å². The van der Waals surface area contributed by atoms with Gasteiger partial charge in [-0.25, -0.2) is 0 Å². The van der Waals surface area contributed by atoms with Crippen LogP contribution in [0.25, 0.3) is 0 Å². The molecule has 0 aliphatic rings. The summed E-state index contributed by atoms with van der Waals surface area (Å²) in [5.41, 5.74) is 5.33. The predicted octanol–water partition coefficient (Wildman–Crippen LogP) is 4.57. The Bertz CT molecular complexity index is 1000. The zero-order valence-corrected chi connectivity index (χ0v) is 14.6. The number of aryl methyl sites for hydroxylation is 1. The number of nitrogens with zero attached hydrogens (tertiary/aromatic N) is 2. The van der Waals surface area contributed by atoms with Gasteiger partial charge >= 0.3 is 0 Å². The van der Waals surface area contributed by atoms with E-state index in [1.807, 2.05) is 19.1 Å². The molecule has 26 heavy (non-hydrogen) atoms. The maximum Gasteiger partial charge on any atom is 0.257 e. The molecule has 2 N–H and O–H groups in total. The summed E-state index contributed by atoms with van der Waals surface area (Å²) in [6.45, 7) is 4.09. The molecule has 0 fully saturated rings. The zero-order valence-electron chi connectivity index (χ0n) is 14.6. The molecule has 1 heterocycles. The average Bonchev–Trinajstić information content (AvgIpc) is 2.66. The summed E-state index contributed by atoms with van der Waals surface area (Å²) in [5, 5.41) is 15.2. The standard InChI is InChI=1S/C21H18N4O/c1-14-6-5-9-19(15(14)2)24-18-10-17(12-23-13-18)21(26)25-20-8-4-3-7-16(20)11-22/h3-10,12-13,24H,1-2H3,(H,25,26). The van der Waals surface area contributed by atoms with Gasteiger partial charge in [-0.3, -0.25) is 9.78 Å². The molecule has 5 nitrogen and oxygen atoms in total. The highest BCUT2D eigenvalue weighted by molar-refractivity contribution is 6.05. The van der Waals surface area contributed by atoms with E-state index in [1.54, 1.807) is 36.5 Å². The molecule has 2 aromatic carbocycles. The maximum atomic E-state index is 12.5. The van der Waals surface area contributed by atoms with Crippen molar-refractivity contribution < 1.29 is 4.79 Å². The van der Waals surface area contributed by atoms with Crippen molar-refractivity contribution in [3.05, 3.63) is 83.2 Å². The Labute approximate surface area is 152 Å². The van der Waals surface area contributed by atoms with Crippen LogP contribution >= 0.6 is 0 Å². The van der Waals surface area contributed by atoms with Crippen LogP contribution in [-0.4, -0.2) is 10.9 Å². The number of rotatable bonds is 4. The number of hydrogen-bond donors (Lipinski definition) is 2. The molecule has 1 amide bonds. The first-order chi connectivity index (χ1) is 12.6. The fourth-order valence-corrected chi connectivity index (χ4v) is 2.56. The Hall–Kier alpha value is -3.65. The third-order valence-electron chi connectivity index (χ3n) is 4.18. The van der Waals surface area contributed by atoms with Gasteiger partial charge in [-0.05, 0) is 49.2 Å². The molecule has 0 saturated carbocycles. The van der Waals surface area contributed by atoms with Crippen molar-refractivity contribution in [2.75, 3.05) is 10.6 Å². The first kappa shape index (κ1) is 17.2. The first-order valence-electron chi connectivity index (χ1n) is 8.17. The first-order valence-corrected chi connectivity index (χ1v) is 8.17. The lowest BCUT2D eigenvalue weighted by Gasteiger charge is -2.12. The number of carbonyl (C=O) groups excluding carboxylic acids is 1. The molecule has 0 atom stereocenters. The van der Waals surface area contributed by atoms with Crippen LogP contribution in [0.15, 0.2) is 60.9 Å². The van der Waals surface area contributed by atoms with E-state index in [0.29, 0.717) is 16.8 Å². The third-order valence-corrected chi connectivity index (χ3v) is 4.18. The van der Waals surface area contributed by atoms with Gasteiger partial charge in [0.2, 0.25) is 0 Å². The quantitative estimate of drug-likeness (QED) is 0.728. The number of nitriles is 1. The van der Waals surface area contributed by atoms with Gasteiger partial charge in [0.15, 0.2) is 0 Å². The van der Waals surface area contributed by atoms with Crippen LogP contribution in [0, 0.1) is 25.2 Å². The van der Waals surface area contributed by atoms with E-state index < -0.39 is 0 Å². The molecule has 0 bridgehead atoms. The van der Waals surface area contributed by atoms with Crippen molar-refractivity contribution in [2.24, 2.45) is 0 Å². The van der Waals surface area contributed by atoms with Gasteiger partial charge in [-0.2, -0.15) is 5.26 Å². The Morgan fingerprint density at radius 3 is 2.62 bits per heavy atom. The Morgan fingerprint density at radius 1 is 1.04 bits per heavy atom. The highest BCUT2D eigenvalue weighted by Crippen LogP contribution is 2.23. The molecule has 0 spiro atoms. The van der Waals surface area contributed by atoms with Crippen LogP contribution in [0.2, 0.25) is 0 Å². The SMILES string of the molecule is Cc1cccc(Nc2cncc(C(=O)Nc3ccccc3C#N)c2)c1C. The molecular weight excluding hydrogens is 324 g/mol. The molecule has 1 aromatic heterocycles. The average molecular weight is 342 g/mol. The number of para-hydroxylation sites is 1. The van der Waals surface area contributed by atoms with Crippen LogP contribution in [0.1, 0.15) is 27.0 Å². The zero-order chi connectivity index (χ0) is 18.5. The smallest absolute Gasteiger partial charge is 0.257 e. The Morgan fingerprint density at radius 2 is 1.81 bits per heavy atom. The van der Waals surface area contributed by atoms with Crippen LogP contribution in [-0.2, 0) is 0 Å². The van der Waals surface area contributed by atoms with Gasteiger partial charge in [0.25, 0.3) is 5.91 Å². The summed E-state index contributed by atoms with van der Waals surface area (Å²) in [7, 11) is 0. The lowest BCUT2D eigenvalue weighted by molar-refractivity contribution is 0.102. The number of aromatic nitrogens is 1. The van der Waals surface area contributed by atoms with Crippen molar-refractivity contribution >= 4 is 23.0 Å². The number of anilines is 3. The van der Waals surface area contributed by atoms with Gasteiger partial charge in [-0.15, -0.1) is 0 Å². The monoisotopic (exact) mass is 342 g/mol. The predicted molar refractivity (Wildman–Crippen MR) is 103 cm³/mol. The number of carbonyl (C=O) groups is 1. The Balaban J connectivity index is 1.82. The van der Waals surface area contributed by atoms with Crippen LogP contribution in [0.4, 0.5) is 17.1 Å². The second-order valence-corrected chi connectivity index (χ2v) is 5.95. The largest absolute Gasteiger partial charge is 0.354 e. The number of nitrogens with one attached hydrogen (secondary N) is 2. The molecule has 0 aliphatic heterocycles. The van der Waals surface area contributed by atoms with E-state index in [4.69, 9.17) is 5.26 Å². The third kappa shape index (κ3) is 3.70. The number of benzene rings is 2. The van der Waals surface area contributed by atoms with Gasteiger partial charge in [0, 0.05) is 11.9 Å². The fourth-order valence-electron chi connectivity index (χ4n) is 2.56. The summed E-state index contributed by atoms with van der Waals surface area (Å²) in [6, 6.07) is 16.7. The minimum Gasteiger partial charge on any atom is -0.354 e. The van der Waals surface area contributed by atoms with Crippen molar-refractivity contribution in [2.45, 2.75) is 13.8 Å². The van der Waals surface area contributed by atoms with Crippen molar-refractivity contribution in [1.82, 2.24) is 4.98 Å². The summed E-state index contributed by atoms with van der Waals surface area (Å²) in [4.78, 5) is 16.7. The second-order valence-electron chi connectivity index (χ2n) is 5.95. The summed E-state index contributed by atoms with van der Waals surface area (Å²) < 4.78 is 0. The minimum atomic E-state index is -0.315. The van der Waals surface area contributed by atoms with Crippen molar-refractivity contribution in [1.29, 1.82) is 5.26 Å². The highest BCUT2D eigenvalue weighted by Gasteiger charge is 2.10. The van der Waals surface area contributed by atoms with Gasteiger partial charge in [0.05, 0.1) is 28.7 Å². The van der Waals surface area contributed by atoms with E-state index in [2.05, 4.69) is 34.7 Å². The maximum absolute atomic E-state index is 12.5. The lowest BCUT2D eigenvalue weighted by atomic mass is 10.1. The van der Waals surface area contributed by atoms with E-state index in [1.165, 1.54) is 11.8 Å². The van der Waals surface area contributed by atoms with E-state index in [-0.39, 0.29) is 5.91 Å². The van der Waals surface area contributed by atoms with E-state index >= 15 is 0 Å². The van der Waals surface area contributed by atoms with Crippen molar-refractivity contribution in [3.63, 3.8) is 0 Å². The van der Waals surface area contributed by atoms with Crippen LogP contribution < -0.4 is 10.6 Å². The summed E-state index contributed by atoms with van der Waals surface area (Å²) >= 11 is 0. The molecule has 0 radical (unpaired) electrons. The van der Waals surface area contributed by atoms with Crippen LogP contribution in [0.3, 0.4) is 0 Å². The van der Waals surface area contributed by atoms with Crippen LogP contribution in [0.5, 0.6) is 0 Å². The second kappa shape index (κ2) is 7.49. The highest BCUT2D eigenvalue weighted by atomic mass is 16.1. The van der Waals surface area contributed by atoms with Gasteiger partial charge in [-0.1, -0.05) is 24.3 Å². The number of amides is 1. The molecule has 0 unspecified atom stereocenters. The number of hydrogen-bond acceptors (Lipinski definition) is 4. The minimum absolute atomic E-state index is 0.315. The normalized spacial score (nSPS) is 10.0. The Kier molecular flexibility index (Phi) is 4.95. The molecule has 3 aromatic rings. The molecule has 128 valence electrons. The molecular formula is C21H18N4O. The summed E-state index contributed by atoms with van der Waals surface area (Å²) in [6.07, 6.45) is 3.17. The van der Waals surface area contributed by atoms with Crippen molar-refractivity contribution in [3.8, 4) is 6.07 Å². The van der Waals surface area contributed by atoms with E-state index in [0.717, 1.165) is 16.9 Å². The van der Waals surface area contributed by atoms with Gasteiger partial charge in [0.1, 0.15) is 6.07 Å². The number of pyridine rings is 1. The molecule has 5 heteroatoms. The molecule has 0 aliphatic carbocycles. The summed E-state index contributed by atoms with van der Waals surface area (Å²) in [5.74, 6) is -0.315. The van der Waals surface area contributed by atoms with Gasteiger partial charge < -0.3 is 10.6 Å². The molecule has 3 rings (SSSR count). The lowest BCUT2D eigenvalue weighted by Crippen LogP contribution is -2.13.